The maximum absolute atomic E-state index is 9.47. The molecule has 1 atom stereocenters. The van der Waals surface area contributed by atoms with Gasteiger partial charge in [0.1, 0.15) is 0 Å². The lowest BCUT2D eigenvalue weighted by atomic mass is 9.72. The van der Waals surface area contributed by atoms with Crippen LogP contribution in [0.5, 0.6) is 0 Å². The Bertz CT molecular complexity index is 385. The molecule has 1 unspecified atom stereocenters. The van der Waals surface area contributed by atoms with Crippen molar-refractivity contribution in [2.45, 2.75) is 64.3 Å². The molecule has 0 aliphatic heterocycles. The van der Waals surface area contributed by atoms with E-state index >= 15 is 0 Å². The van der Waals surface area contributed by atoms with E-state index in [-0.39, 0.29) is 36.0 Å². The molecule has 5 nitrogen and oxygen atoms in total. The lowest BCUT2D eigenvalue weighted by molar-refractivity contribution is 0.137. The Hall–Kier alpha value is -0.0800. The molecular weight excluding hydrogens is 427 g/mol. The Labute approximate surface area is 171 Å². The molecular formula is C19H39IN4O. The van der Waals surface area contributed by atoms with E-state index in [4.69, 9.17) is 4.99 Å². The van der Waals surface area contributed by atoms with Gasteiger partial charge >= 0.3 is 0 Å². The Kier molecular flexibility index (Phi) is 10.6. The van der Waals surface area contributed by atoms with Gasteiger partial charge in [0.15, 0.2) is 5.96 Å². The van der Waals surface area contributed by atoms with Gasteiger partial charge in [-0.3, -0.25) is 4.99 Å². The van der Waals surface area contributed by atoms with Crippen molar-refractivity contribution in [3.8, 4) is 0 Å². The highest BCUT2D eigenvalue weighted by Gasteiger charge is 2.33. The van der Waals surface area contributed by atoms with Crippen molar-refractivity contribution in [1.82, 2.24) is 15.5 Å². The molecule has 0 aromatic rings. The summed E-state index contributed by atoms with van der Waals surface area (Å²) < 4.78 is 0. The fourth-order valence-corrected chi connectivity index (χ4v) is 4.07. The summed E-state index contributed by atoms with van der Waals surface area (Å²) in [5.41, 5.74) is 0.215. The second-order valence-corrected chi connectivity index (χ2v) is 7.98. The summed E-state index contributed by atoms with van der Waals surface area (Å²) in [5.74, 6) is 1.78. The summed E-state index contributed by atoms with van der Waals surface area (Å²) in [7, 11) is 4.35. The number of rotatable bonds is 9. The lowest BCUT2D eigenvalue weighted by Crippen LogP contribution is -2.46. The highest BCUT2D eigenvalue weighted by atomic mass is 127. The Morgan fingerprint density at radius 2 is 1.88 bits per heavy atom. The zero-order valence-corrected chi connectivity index (χ0v) is 18.7. The summed E-state index contributed by atoms with van der Waals surface area (Å²) in [4.78, 5) is 7.24. The second kappa shape index (κ2) is 11.6. The third kappa shape index (κ3) is 7.59. The molecule has 0 saturated heterocycles. The molecule has 0 aromatic heterocycles. The fourth-order valence-electron chi connectivity index (χ4n) is 4.07. The van der Waals surface area contributed by atoms with Crippen molar-refractivity contribution in [3.05, 3.63) is 0 Å². The van der Waals surface area contributed by atoms with E-state index in [1.54, 1.807) is 0 Å². The van der Waals surface area contributed by atoms with Crippen LogP contribution < -0.4 is 10.6 Å². The van der Waals surface area contributed by atoms with Gasteiger partial charge < -0.3 is 20.6 Å². The van der Waals surface area contributed by atoms with Crippen LogP contribution in [0.15, 0.2) is 4.99 Å². The van der Waals surface area contributed by atoms with Crippen molar-refractivity contribution < 1.29 is 5.11 Å². The van der Waals surface area contributed by atoms with Gasteiger partial charge in [0.25, 0.3) is 0 Å². The van der Waals surface area contributed by atoms with Gasteiger partial charge in [-0.1, -0.05) is 19.3 Å². The number of hydrogen-bond acceptors (Lipinski definition) is 3. The molecule has 3 N–H and O–H groups in total. The molecule has 0 heterocycles. The number of guanidine groups is 1. The summed E-state index contributed by atoms with van der Waals surface area (Å²) in [6.45, 7) is 5.07. The van der Waals surface area contributed by atoms with Crippen molar-refractivity contribution in [2.24, 2.45) is 16.3 Å². The predicted octanol–water partition coefficient (Wildman–Crippen LogP) is 2.83. The van der Waals surface area contributed by atoms with Crippen LogP contribution in [-0.2, 0) is 0 Å². The molecule has 2 aliphatic rings. The number of hydrogen-bond donors (Lipinski definition) is 3. The molecule has 0 radical (unpaired) electrons. The zero-order chi connectivity index (χ0) is 17.4. The van der Waals surface area contributed by atoms with E-state index in [2.05, 4.69) is 36.6 Å². The molecule has 2 fully saturated rings. The summed E-state index contributed by atoms with van der Waals surface area (Å²) >= 11 is 0. The molecule has 0 aromatic carbocycles. The monoisotopic (exact) mass is 466 g/mol. The van der Waals surface area contributed by atoms with E-state index in [0.717, 1.165) is 37.9 Å². The van der Waals surface area contributed by atoms with E-state index in [1.807, 2.05) is 0 Å². The maximum Gasteiger partial charge on any atom is 0.191 e. The van der Waals surface area contributed by atoms with Gasteiger partial charge in [-0.15, -0.1) is 24.0 Å². The zero-order valence-electron chi connectivity index (χ0n) is 16.4. The first-order chi connectivity index (χ1) is 11.6. The highest BCUT2D eigenvalue weighted by Crippen LogP contribution is 2.39. The number of aliphatic imine (C=N–C) groups is 1. The minimum absolute atomic E-state index is 0. The minimum atomic E-state index is 0. The number of aliphatic hydroxyl groups is 1. The van der Waals surface area contributed by atoms with Gasteiger partial charge in [0.2, 0.25) is 0 Å². The molecule has 0 amide bonds. The van der Waals surface area contributed by atoms with Crippen LogP contribution in [0.3, 0.4) is 0 Å². The van der Waals surface area contributed by atoms with Crippen LogP contribution in [0.25, 0.3) is 0 Å². The molecule has 2 rings (SSSR count). The van der Waals surface area contributed by atoms with E-state index in [9.17, 15) is 5.11 Å². The van der Waals surface area contributed by atoms with Crippen molar-refractivity contribution in [3.63, 3.8) is 0 Å². The first-order valence-electron chi connectivity index (χ1n) is 9.90. The molecule has 148 valence electrons. The van der Waals surface area contributed by atoms with Gasteiger partial charge in [-0.2, -0.15) is 0 Å². The van der Waals surface area contributed by atoms with E-state index in [1.165, 1.54) is 44.9 Å². The molecule has 25 heavy (non-hydrogen) atoms. The number of halogens is 1. The van der Waals surface area contributed by atoms with Gasteiger partial charge in [0, 0.05) is 32.3 Å². The molecule has 2 aliphatic carbocycles. The van der Waals surface area contributed by atoms with E-state index in [0.29, 0.717) is 6.04 Å². The summed E-state index contributed by atoms with van der Waals surface area (Å²) in [6.07, 6.45) is 9.92. The molecule has 0 bridgehead atoms. The van der Waals surface area contributed by atoms with Crippen LogP contribution >= 0.6 is 24.0 Å². The SMILES string of the molecule is CCNC(=NCC1(CCO)CCCCC1)NCC(C1CC1)N(C)C.I. The van der Waals surface area contributed by atoms with Gasteiger partial charge in [-0.25, -0.2) is 0 Å². The number of aliphatic hydroxyl groups excluding tert-OH is 1. The summed E-state index contributed by atoms with van der Waals surface area (Å²) in [5, 5.41) is 16.4. The van der Waals surface area contributed by atoms with Crippen LogP contribution in [-0.4, -0.2) is 62.3 Å². The van der Waals surface area contributed by atoms with Crippen molar-refractivity contribution in [1.29, 1.82) is 0 Å². The third-order valence-electron chi connectivity index (χ3n) is 5.78. The topological polar surface area (TPSA) is 59.9 Å². The van der Waals surface area contributed by atoms with Crippen LogP contribution in [0.1, 0.15) is 58.3 Å². The lowest BCUT2D eigenvalue weighted by Gasteiger charge is -2.36. The van der Waals surface area contributed by atoms with E-state index < -0.39 is 0 Å². The van der Waals surface area contributed by atoms with Crippen LogP contribution in [0, 0.1) is 11.3 Å². The Balaban J connectivity index is 0.00000312. The largest absolute Gasteiger partial charge is 0.396 e. The standard InChI is InChI=1S/C19H38N4O.HI/c1-4-20-18(21-14-17(23(2)3)16-8-9-16)22-15-19(12-13-24)10-6-5-7-11-19;/h16-17,24H,4-15H2,1-3H3,(H2,20,21,22);1H. The first-order valence-corrected chi connectivity index (χ1v) is 9.90. The summed E-state index contributed by atoms with van der Waals surface area (Å²) in [6, 6.07) is 0.593. The number of nitrogens with one attached hydrogen (secondary N) is 2. The van der Waals surface area contributed by atoms with Gasteiger partial charge in [0.05, 0.1) is 0 Å². The maximum atomic E-state index is 9.47. The smallest absolute Gasteiger partial charge is 0.191 e. The average molecular weight is 466 g/mol. The Morgan fingerprint density at radius 1 is 1.20 bits per heavy atom. The van der Waals surface area contributed by atoms with Crippen LogP contribution in [0.4, 0.5) is 0 Å². The predicted molar refractivity (Wildman–Crippen MR) is 117 cm³/mol. The fraction of sp³-hybridized carbons (Fsp3) is 0.947. The normalized spacial score (nSPS) is 21.6. The number of nitrogens with zero attached hydrogens (tertiary/aromatic N) is 2. The first kappa shape index (κ1) is 23.0. The minimum Gasteiger partial charge on any atom is -0.396 e. The quantitative estimate of drug-likeness (QED) is 0.278. The van der Waals surface area contributed by atoms with Gasteiger partial charge in [-0.05, 0) is 64.5 Å². The molecule has 0 spiro atoms. The van der Waals surface area contributed by atoms with Crippen molar-refractivity contribution in [2.75, 3.05) is 40.3 Å². The Morgan fingerprint density at radius 3 is 2.40 bits per heavy atom. The average Bonchev–Trinajstić information content (AvgIpc) is 3.38. The second-order valence-electron chi connectivity index (χ2n) is 7.98. The molecule has 2 saturated carbocycles. The van der Waals surface area contributed by atoms with Crippen LogP contribution in [0.2, 0.25) is 0 Å². The highest BCUT2D eigenvalue weighted by molar-refractivity contribution is 14.0. The van der Waals surface area contributed by atoms with Crippen molar-refractivity contribution >= 4 is 29.9 Å². The third-order valence-corrected chi connectivity index (χ3v) is 5.78. The number of likely N-dealkylation sites (N-methyl/N-ethyl adjacent to an activating group) is 1. The molecule has 6 heteroatoms.